The Hall–Kier alpha value is -2.17. The second-order valence-corrected chi connectivity index (χ2v) is 4.67. The molecule has 0 bridgehead atoms. The molecule has 0 unspecified atom stereocenters. The molecule has 5 heteroatoms. The lowest BCUT2D eigenvalue weighted by molar-refractivity contribution is 0.314. The molecule has 2 aromatic rings. The van der Waals surface area contributed by atoms with Gasteiger partial charge in [0.25, 0.3) is 0 Å². The summed E-state index contributed by atoms with van der Waals surface area (Å²) in [6.07, 6.45) is 0.604. The maximum absolute atomic E-state index is 13.4. The van der Waals surface area contributed by atoms with Gasteiger partial charge in [0.15, 0.2) is 17.5 Å². The van der Waals surface area contributed by atoms with Gasteiger partial charge in [-0.25, -0.2) is 13.2 Å². The van der Waals surface area contributed by atoms with E-state index >= 15 is 0 Å². The number of nitrogens with one attached hydrogen (secondary N) is 1. The van der Waals surface area contributed by atoms with Crippen molar-refractivity contribution in [1.82, 2.24) is 0 Å². The summed E-state index contributed by atoms with van der Waals surface area (Å²) in [6.45, 7) is 2.82. The van der Waals surface area contributed by atoms with Crippen molar-refractivity contribution in [2.24, 2.45) is 0 Å². The van der Waals surface area contributed by atoms with Gasteiger partial charge in [-0.3, -0.25) is 0 Å². The lowest BCUT2D eigenvalue weighted by atomic mass is 10.2. The third-order valence-electron chi connectivity index (χ3n) is 2.93. The second kappa shape index (κ2) is 7.02. The summed E-state index contributed by atoms with van der Waals surface area (Å²) in [5, 5.41) is 2.72. The van der Waals surface area contributed by atoms with Crippen molar-refractivity contribution in [3.63, 3.8) is 0 Å². The fraction of sp³-hybridized carbons (Fsp3) is 0.250. The Morgan fingerprint density at radius 2 is 1.86 bits per heavy atom. The summed E-state index contributed by atoms with van der Waals surface area (Å²) >= 11 is 0. The summed E-state index contributed by atoms with van der Waals surface area (Å²) in [7, 11) is 0. The maximum Gasteiger partial charge on any atom is 0.196 e. The molecular weight excluding hydrogens is 279 g/mol. The Morgan fingerprint density at radius 1 is 1.05 bits per heavy atom. The van der Waals surface area contributed by atoms with Gasteiger partial charge in [0.2, 0.25) is 0 Å². The molecule has 0 saturated carbocycles. The van der Waals surface area contributed by atoms with Crippen molar-refractivity contribution >= 4 is 5.69 Å². The highest BCUT2D eigenvalue weighted by atomic mass is 19.2. The summed E-state index contributed by atoms with van der Waals surface area (Å²) < 4.78 is 44.7. The lowest BCUT2D eigenvalue weighted by Crippen LogP contribution is -2.09. The molecule has 0 spiro atoms. The van der Waals surface area contributed by atoms with E-state index in [0.717, 1.165) is 17.4 Å². The number of hydrogen-bond acceptors (Lipinski definition) is 2. The number of hydrogen-bond donors (Lipinski definition) is 1. The zero-order valence-electron chi connectivity index (χ0n) is 11.6. The van der Waals surface area contributed by atoms with E-state index < -0.39 is 17.5 Å². The highest BCUT2D eigenvalue weighted by Gasteiger charge is 2.12. The molecule has 0 aliphatic heterocycles. The number of aryl methyl sites for hydroxylation is 1. The Morgan fingerprint density at radius 3 is 2.62 bits per heavy atom. The average Bonchev–Trinajstić information content (AvgIpc) is 2.47. The zero-order chi connectivity index (χ0) is 15.2. The van der Waals surface area contributed by atoms with Gasteiger partial charge < -0.3 is 10.1 Å². The first-order valence-corrected chi connectivity index (χ1v) is 6.65. The largest absolute Gasteiger partial charge is 0.494 e. The fourth-order valence-corrected chi connectivity index (χ4v) is 1.85. The van der Waals surface area contributed by atoms with Crippen LogP contribution in [0.15, 0.2) is 36.4 Å². The molecule has 2 nitrogen and oxygen atoms in total. The smallest absolute Gasteiger partial charge is 0.196 e. The van der Waals surface area contributed by atoms with Crippen LogP contribution in [0.4, 0.5) is 18.9 Å². The van der Waals surface area contributed by atoms with Crippen molar-refractivity contribution in [2.45, 2.75) is 13.3 Å². The van der Waals surface area contributed by atoms with Crippen molar-refractivity contribution < 1.29 is 17.9 Å². The molecule has 0 aromatic heterocycles. The predicted molar refractivity (Wildman–Crippen MR) is 76.1 cm³/mol. The van der Waals surface area contributed by atoms with Gasteiger partial charge in [0, 0.05) is 6.54 Å². The summed E-state index contributed by atoms with van der Waals surface area (Å²) in [5.74, 6) is -3.08. The van der Waals surface area contributed by atoms with E-state index in [4.69, 9.17) is 4.74 Å². The molecule has 21 heavy (non-hydrogen) atoms. The quantitative estimate of drug-likeness (QED) is 0.634. The molecule has 0 aliphatic carbocycles. The van der Waals surface area contributed by atoms with Crippen LogP contribution in [0.2, 0.25) is 0 Å². The molecule has 2 aromatic carbocycles. The topological polar surface area (TPSA) is 21.3 Å². The van der Waals surface area contributed by atoms with E-state index in [0.29, 0.717) is 19.6 Å². The molecule has 112 valence electrons. The Labute approximate surface area is 121 Å². The zero-order valence-corrected chi connectivity index (χ0v) is 11.6. The van der Waals surface area contributed by atoms with Crippen LogP contribution in [0.25, 0.3) is 0 Å². The molecule has 1 N–H and O–H groups in total. The third-order valence-corrected chi connectivity index (χ3v) is 2.93. The minimum atomic E-state index is -1.46. The molecule has 0 saturated heterocycles. The van der Waals surface area contributed by atoms with Gasteiger partial charge in [0.05, 0.1) is 12.3 Å². The van der Waals surface area contributed by atoms with Crippen LogP contribution >= 0.6 is 0 Å². The highest BCUT2D eigenvalue weighted by molar-refractivity contribution is 5.45. The SMILES string of the molecule is Cc1cccc(OCCCNc2ccc(F)c(F)c2F)c1. The van der Waals surface area contributed by atoms with Gasteiger partial charge in [0.1, 0.15) is 5.75 Å². The van der Waals surface area contributed by atoms with Crippen LogP contribution in [0, 0.1) is 24.4 Å². The summed E-state index contributed by atoms with van der Waals surface area (Å²) in [5.41, 5.74) is 1.05. The molecule has 0 radical (unpaired) electrons. The number of anilines is 1. The van der Waals surface area contributed by atoms with Crippen LogP contribution in [-0.4, -0.2) is 13.2 Å². The molecule has 0 atom stereocenters. The van der Waals surface area contributed by atoms with Crippen molar-refractivity contribution in [3.05, 3.63) is 59.4 Å². The predicted octanol–water partition coefficient (Wildman–Crippen LogP) is 4.29. The minimum absolute atomic E-state index is 0.0514. The molecule has 2 rings (SSSR count). The molecular formula is C16H16F3NO. The Bertz CT molecular complexity index is 616. The van der Waals surface area contributed by atoms with Gasteiger partial charge in [-0.15, -0.1) is 0 Å². The standard InChI is InChI=1S/C16H16F3NO/c1-11-4-2-5-12(10-11)21-9-3-8-20-14-7-6-13(17)15(18)16(14)19/h2,4-7,10,20H,3,8-9H2,1H3. The summed E-state index contributed by atoms with van der Waals surface area (Å²) in [6, 6.07) is 9.72. The van der Waals surface area contributed by atoms with Crippen LogP contribution < -0.4 is 10.1 Å². The molecule has 0 fully saturated rings. The molecule has 0 aliphatic rings. The monoisotopic (exact) mass is 295 g/mol. The average molecular weight is 295 g/mol. The number of rotatable bonds is 6. The minimum Gasteiger partial charge on any atom is -0.494 e. The third kappa shape index (κ3) is 4.15. The summed E-state index contributed by atoms with van der Waals surface area (Å²) in [4.78, 5) is 0. The van der Waals surface area contributed by atoms with Gasteiger partial charge in [-0.1, -0.05) is 12.1 Å². The Kier molecular flexibility index (Phi) is 5.09. The van der Waals surface area contributed by atoms with Gasteiger partial charge in [-0.05, 0) is 43.2 Å². The van der Waals surface area contributed by atoms with Gasteiger partial charge >= 0.3 is 0 Å². The van der Waals surface area contributed by atoms with Crippen molar-refractivity contribution in [1.29, 1.82) is 0 Å². The number of benzene rings is 2. The first kappa shape index (κ1) is 15.2. The molecule has 0 amide bonds. The number of halogens is 3. The maximum atomic E-state index is 13.4. The first-order valence-electron chi connectivity index (χ1n) is 6.65. The van der Waals surface area contributed by atoms with E-state index in [9.17, 15) is 13.2 Å². The first-order chi connectivity index (χ1) is 10.1. The second-order valence-electron chi connectivity index (χ2n) is 4.67. The lowest BCUT2D eigenvalue weighted by Gasteiger charge is -2.09. The molecule has 0 heterocycles. The fourth-order valence-electron chi connectivity index (χ4n) is 1.85. The van der Waals surface area contributed by atoms with E-state index in [2.05, 4.69) is 5.32 Å². The van der Waals surface area contributed by atoms with Crippen molar-refractivity contribution in [3.8, 4) is 5.75 Å². The van der Waals surface area contributed by atoms with E-state index in [1.165, 1.54) is 6.07 Å². The van der Waals surface area contributed by atoms with Crippen LogP contribution in [0.3, 0.4) is 0 Å². The van der Waals surface area contributed by atoms with Gasteiger partial charge in [-0.2, -0.15) is 0 Å². The van der Waals surface area contributed by atoms with Crippen LogP contribution in [0.5, 0.6) is 5.75 Å². The van der Waals surface area contributed by atoms with Crippen LogP contribution in [-0.2, 0) is 0 Å². The number of ether oxygens (including phenoxy) is 1. The van der Waals surface area contributed by atoms with E-state index in [1.807, 2.05) is 31.2 Å². The van der Waals surface area contributed by atoms with E-state index in [-0.39, 0.29) is 5.69 Å². The van der Waals surface area contributed by atoms with Crippen LogP contribution in [0.1, 0.15) is 12.0 Å². The Balaban J connectivity index is 1.76. The highest BCUT2D eigenvalue weighted by Crippen LogP contribution is 2.19. The normalized spacial score (nSPS) is 10.5. The van der Waals surface area contributed by atoms with E-state index in [1.54, 1.807) is 0 Å². The van der Waals surface area contributed by atoms with Crippen molar-refractivity contribution in [2.75, 3.05) is 18.5 Å².